The van der Waals surface area contributed by atoms with E-state index in [0.717, 1.165) is 5.69 Å². The molecule has 0 saturated carbocycles. The zero-order valence-corrected chi connectivity index (χ0v) is 7.20. The minimum Gasteiger partial charge on any atom is -0.384 e. The van der Waals surface area contributed by atoms with Crippen LogP contribution in [0.25, 0.3) is 0 Å². The molecule has 1 N–H and O–H groups in total. The van der Waals surface area contributed by atoms with Crippen molar-refractivity contribution < 1.29 is 5.11 Å². The molecule has 11 heavy (non-hydrogen) atoms. The second-order valence-corrected chi connectivity index (χ2v) is 3.05. The molecule has 0 aliphatic heterocycles. The summed E-state index contributed by atoms with van der Waals surface area (Å²) in [5.74, 6) is 0. The molecule has 0 fully saturated rings. The molecule has 1 rings (SSSR count). The molecule has 0 saturated heterocycles. The second-order valence-electron chi connectivity index (χ2n) is 3.05. The van der Waals surface area contributed by atoms with Gasteiger partial charge >= 0.3 is 0 Å². The first-order valence-corrected chi connectivity index (χ1v) is 3.77. The number of imidazole rings is 1. The molecule has 0 spiro atoms. The van der Waals surface area contributed by atoms with E-state index in [1.807, 2.05) is 24.7 Å². The molecule has 62 valence electrons. The third kappa shape index (κ3) is 1.60. The van der Waals surface area contributed by atoms with Crippen LogP contribution in [0.2, 0.25) is 0 Å². The highest BCUT2D eigenvalue weighted by molar-refractivity contribution is 5.06. The van der Waals surface area contributed by atoms with Crippen LogP contribution in [0.5, 0.6) is 0 Å². The SMILES string of the molecule is CCC(C)(O)c1cn(C)cn1. The second kappa shape index (κ2) is 2.66. The van der Waals surface area contributed by atoms with Crippen LogP contribution in [-0.2, 0) is 12.6 Å². The van der Waals surface area contributed by atoms with Gasteiger partial charge in [0, 0.05) is 13.2 Å². The van der Waals surface area contributed by atoms with Gasteiger partial charge in [0.1, 0.15) is 5.60 Å². The van der Waals surface area contributed by atoms with E-state index in [0.29, 0.717) is 6.42 Å². The summed E-state index contributed by atoms with van der Waals surface area (Å²) in [4.78, 5) is 4.07. The number of hydrogen-bond acceptors (Lipinski definition) is 2. The summed E-state index contributed by atoms with van der Waals surface area (Å²) in [5, 5.41) is 9.73. The quantitative estimate of drug-likeness (QED) is 0.691. The van der Waals surface area contributed by atoms with E-state index in [-0.39, 0.29) is 0 Å². The Balaban J connectivity index is 2.92. The first kappa shape index (κ1) is 8.27. The van der Waals surface area contributed by atoms with Gasteiger partial charge in [-0.25, -0.2) is 4.98 Å². The van der Waals surface area contributed by atoms with Crippen molar-refractivity contribution >= 4 is 0 Å². The van der Waals surface area contributed by atoms with Crippen molar-refractivity contribution in [3.05, 3.63) is 18.2 Å². The molecule has 0 radical (unpaired) electrons. The summed E-state index contributed by atoms with van der Waals surface area (Å²) in [7, 11) is 1.89. The smallest absolute Gasteiger partial charge is 0.105 e. The predicted octanol–water partition coefficient (Wildman–Crippen LogP) is 1.04. The molecule has 1 aromatic rings. The number of nitrogens with zero attached hydrogens (tertiary/aromatic N) is 2. The molecule has 0 bridgehead atoms. The molecule has 3 nitrogen and oxygen atoms in total. The molecule has 3 heteroatoms. The number of rotatable bonds is 2. The number of aryl methyl sites for hydroxylation is 1. The fourth-order valence-electron chi connectivity index (χ4n) is 0.872. The minimum absolute atomic E-state index is 0.685. The molecule has 1 atom stereocenters. The molecule has 1 aromatic heterocycles. The minimum atomic E-state index is -0.777. The zero-order valence-electron chi connectivity index (χ0n) is 7.20. The van der Waals surface area contributed by atoms with Crippen LogP contribution in [0.1, 0.15) is 26.0 Å². The third-order valence-electron chi connectivity index (χ3n) is 1.95. The van der Waals surface area contributed by atoms with Gasteiger partial charge in [-0.3, -0.25) is 0 Å². The molecule has 1 unspecified atom stereocenters. The first-order chi connectivity index (χ1) is 5.06. The lowest BCUT2D eigenvalue weighted by Crippen LogP contribution is -2.19. The Kier molecular flexibility index (Phi) is 2.00. The third-order valence-corrected chi connectivity index (χ3v) is 1.95. The zero-order chi connectivity index (χ0) is 8.48. The normalized spacial score (nSPS) is 16.4. The van der Waals surface area contributed by atoms with Crippen LogP contribution < -0.4 is 0 Å². The van der Waals surface area contributed by atoms with Gasteiger partial charge in [-0.05, 0) is 13.3 Å². The van der Waals surface area contributed by atoms with E-state index in [2.05, 4.69) is 4.98 Å². The van der Waals surface area contributed by atoms with Crippen molar-refractivity contribution in [1.29, 1.82) is 0 Å². The Morgan fingerprint density at radius 1 is 1.73 bits per heavy atom. The number of aliphatic hydroxyl groups is 1. The van der Waals surface area contributed by atoms with Crippen LogP contribution in [-0.4, -0.2) is 14.7 Å². The van der Waals surface area contributed by atoms with Gasteiger partial charge in [-0.1, -0.05) is 6.92 Å². The molecular formula is C8H14N2O. The molecule has 0 aromatic carbocycles. The fraction of sp³-hybridized carbons (Fsp3) is 0.625. The Morgan fingerprint density at radius 2 is 2.36 bits per heavy atom. The average molecular weight is 154 g/mol. The Labute approximate surface area is 66.7 Å². The molecule has 0 amide bonds. The van der Waals surface area contributed by atoms with Crippen molar-refractivity contribution in [2.24, 2.45) is 7.05 Å². The standard InChI is InChI=1S/C8H14N2O/c1-4-8(2,11)7-5-10(3)6-9-7/h5-6,11H,4H2,1-3H3. The summed E-state index contributed by atoms with van der Waals surface area (Å²) in [6.07, 6.45) is 4.22. The van der Waals surface area contributed by atoms with Crippen molar-refractivity contribution in [2.75, 3.05) is 0 Å². The van der Waals surface area contributed by atoms with Crippen molar-refractivity contribution in [3.63, 3.8) is 0 Å². The maximum absolute atomic E-state index is 9.73. The maximum atomic E-state index is 9.73. The van der Waals surface area contributed by atoms with E-state index < -0.39 is 5.60 Å². The van der Waals surface area contributed by atoms with Crippen LogP contribution in [0.3, 0.4) is 0 Å². The van der Waals surface area contributed by atoms with Gasteiger partial charge in [0.05, 0.1) is 12.0 Å². The van der Waals surface area contributed by atoms with Crippen LogP contribution in [0.4, 0.5) is 0 Å². The van der Waals surface area contributed by atoms with E-state index in [1.165, 1.54) is 0 Å². The Morgan fingerprint density at radius 3 is 2.73 bits per heavy atom. The molecule has 0 aliphatic carbocycles. The Bertz CT molecular complexity index is 240. The lowest BCUT2D eigenvalue weighted by atomic mass is 10.0. The number of aromatic nitrogens is 2. The number of hydrogen-bond donors (Lipinski definition) is 1. The molecular weight excluding hydrogens is 140 g/mol. The van der Waals surface area contributed by atoms with Crippen LogP contribution in [0, 0.1) is 0 Å². The summed E-state index contributed by atoms with van der Waals surface area (Å²) in [6, 6.07) is 0. The predicted molar refractivity (Wildman–Crippen MR) is 43.1 cm³/mol. The summed E-state index contributed by atoms with van der Waals surface area (Å²) >= 11 is 0. The van der Waals surface area contributed by atoms with Gasteiger partial charge in [-0.2, -0.15) is 0 Å². The fourth-order valence-corrected chi connectivity index (χ4v) is 0.872. The lowest BCUT2D eigenvalue weighted by Gasteiger charge is -2.17. The summed E-state index contributed by atoms with van der Waals surface area (Å²) in [5.41, 5.74) is -0.0381. The summed E-state index contributed by atoms with van der Waals surface area (Å²) < 4.78 is 1.83. The maximum Gasteiger partial charge on any atom is 0.105 e. The molecule has 0 aliphatic rings. The van der Waals surface area contributed by atoms with Crippen molar-refractivity contribution in [2.45, 2.75) is 25.9 Å². The van der Waals surface area contributed by atoms with Gasteiger partial charge in [-0.15, -0.1) is 0 Å². The Hall–Kier alpha value is -0.830. The molecule has 1 heterocycles. The van der Waals surface area contributed by atoms with E-state index in [4.69, 9.17) is 0 Å². The van der Waals surface area contributed by atoms with Gasteiger partial charge < -0.3 is 9.67 Å². The first-order valence-electron chi connectivity index (χ1n) is 3.77. The average Bonchev–Trinajstić information content (AvgIpc) is 2.36. The van der Waals surface area contributed by atoms with Crippen LogP contribution >= 0.6 is 0 Å². The van der Waals surface area contributed by atoms with E-state index >= 15 is 0 Å². The highest BCUT2D eigenvalue weighted by atomic mass is 16.3. The van der Waals surface area contributed by atoms with Gasteiger partial charge in [0.2, 0.25) is 0 Å². The van der Waals surface area contributed by atoms with E-state index in [9.17, 15) is 5.11 Å². The van der Waals surface area contributed by atoms with Crippen LogP contribution in [0.15, 0.2) is 12.5 Å². The van der Waals surface area contributed by atoms with Crippen molar-refractivity contribution in [3.8, 4) is 0 Å². The highest BCUT2D eigenvalue weighted by Crippen LogP contribution is 2.21. The van der Waals surface area contributed by atoms with Gasteiger partial charge in [0.25, 0.3) is 0 Å². The topological polar surface area (TPSA) is 38.0 Å². The largest absolute Gasteiger partial charge is 0.384 e. The van der Waals surface area contributed by atoms with E-state index in [1.54, 1.807) is 13.3 Å². The highest BCUT2D eigenvalue weighted by Gasteiger charge is 2.22. The monoisotopic (exact) mass is 154 g/mol. The lowest BCUT2D eigenvalue weighted by molar-refractivity contribution is 0.0489. The van der Waals surface area contributed by atoms with Crippen molar-refractivity contribution in [1.82, 2.24) is 9.55 Å². The summed E-state index contributed by atoms with van der Waals surface area (Å²) in [6.45, 7) is 3.71. The van der Waals surface area contributed by atoms with Gasteiger partial charge in [0.15, 0.2) is 0 Å².